The first-order valence-electron chi connectivity index (χ1n) is 8.83. The Morgan fingerprint density at radius 2 is 1.71 bits per heavy atom. The monoisotopic (exact) mass is 286 g/mol. The normalized spacial score (nSPS) is 28.6. The molecule has 2 fully saturated rings. The molecule has 0 spiro atoms. The van der Waals surface area contributed by atoms with E-state index in [9.17, 15) is 0 Å². The van der Waals surface area contributed by atoms with Crippen LogP contribution in [0.2, 0.25) is 0 Å². The summed E-state index contributed by atoms with van der Waals surface area (Å²) in [6.07, 6.45) is 8.31. The Labute approximate surface area is 129 Å². The zero-order chi connectivity index (χ0) is 14.5. The number of hydrogen-bond donors (Lipinski definition) is 1. The molecule has 1 saturated carbocycles. The van der Waals surface area contributed by atoms with Gasteiger partial charge in [-0.1, -0.05) is 50.1 Å². The van der Waals surface area contributed by atoms with Gasteiger partial charge in [-0.2, -0.15) is 0 Å². The molecule has 21 heavy (non-hydrogen) atoms. The number of benzene rings is 1. The predicted molar refractivity (Wildman–Crippen MR) is 89.3 cm³/mol. The average Bonchev–Trinajstić information content (AvgIpc) is 2.52. The maximum Gasteiger partial charge on any atom is 0.0233 e. The minimum absolute atomic E-state index is 0.752. The van der Waals surface area contributed by atoms with Gasteiger partial charge in [0.1, 0.15) is 0 Å². The Kier molecular flexibility index (Phi) is 5.32. The minimum Gasteiger partial charge on any atom is -0.311 e. The van der Waals surface area contributed by atoms with E-state index in [2.05, 4.69) is 47.5 Å². The molecule has 1 aromatic carbocycles. The van der Waals surface area contributed by atoms with Gasteiger partial charge in [0.15, 0.2) is 0 Å². The van der Waals surface area contributed by atoms with Crippen LogP contribution in [0.4, 0.5) is 0 Å². The highest BCUT2D eigenvalue weighted by molar-refractivity contribution is 5.14. The highest BCUT2D eigenvalue weighted by atomic mass is 15.1. The van der Waals surface area contributed by atoms with Crippen LogP contribution < -0.4 is 5.32 Å². The molecule has 0 amide bonds. The van der Waals surface area contributed by atoms with Crippen molar-refractivity contribution < 1.29 is 0 Å². The van der Waals surface area contributed by atoms with E-state index in [0.717, 1.165) is 24.5 Å². The van der Waals surface area contributed by atoms with E-state index in [-0.39, 0.29) is 0 Å². The van der Waals surface area contributed by atoms with Gasteiger partial charge >= 0.3 is 0 Å². The zero-order valence-corrected chi connectivity index (χ0v) is 13.4. The Bertz CT molecular complexity index is 409. The van der Waals surface area contributed by atoms with Crippen LogP contribution >= 0.6 is 0 Å². The van der Waals surface area contributed by atoms with Crippen molar-refractivity contribution in [2.24, 2.45) is 5.92 Å². The molecule has 2 heteroatoms. The predicted octanol–water partition coefficient (Wildman–Crippen LogP) is 3.82. The summed E-state index contributed by atoms with van der Waals surface area (Å²) in [4.78, 5) is 2.61. The first-order chi connectivity index (χ1) is 10.3. The molecular weight excluding hydrogens is 256 g/mol. The van der Waals surface area contributed by atoms with Crippen molar-refractivity contribution in [3.05, 3.63) is 35.9 Å². The van der Waals surface area contributed by atoms with Gasteiger partial charge in [-0.3, -0.25) is 4.90 Å². The van der Waals surface area contributed by atoms with Crippen molar-refractivity contribution >= 4 is 0 Å². The molecule has 2 atom stereocenters. The summed E-state index contributed by atoms with van der Waals surface area (Å²) in [5.74, 6) is 0.876. The fourth-order valence-corrected chi connectivity index (χ4v) is 3.97. The molecular formula is C19H30N2. The van der Waals surface area contributed by atoms with E-state index in [1.54, 1.807) is 0 Å². The second-order valence-corrected chi connectivity index (χ2v) is 7.07. The highest BCUT2D eigenvalue weighted by Gasteiger charge is 2.26. The summed E-state index contributed by atoms with van der Waals surface area (Å²) in [5, 5.41) is 3.97. The van der Waals surface area contributed by atoms with Crippen LogP contribution in [0.3, 0.4) is 0 Å². The zero-order valence-electron chi connectivity index (χ0n) is 13.4. The fraction of sp³-hybridized carbons (Fsp3) is 0.684. The van der Waals surface area contributed by atoms with Crippen molar-refractivity contribution in [3.8, 4) is 0 Å². The highest BCUT2D eigenvalue weighted by Crippen LogP contribution is 2.25. The lowest BCUT2D eigenvalue weighted by Gasteiger charge is -2.37. The van der Waals surface area contributed by atoms with E-state index >= 15 is 0 Å². The number of piperidine rings is 1. The first-order valence-corrected chi connectivity index (χ1v) is 8.83. The van der Waals surface area contributed by atoms with Gasteiger partial charge in [0.25, 0.3) is 0 Å². The number of nitrogens with one attached hydrogen (secondary N) is 1. The Balaban J connectivity index is 1.42. The van der Waals surface area contributed by atoms with Crippen molar-refractivity contribution in [3.63, 3.8) is 0 Å². The lowest BCUT2D eigenvalue weighted by atomic mass is 9.85. The summed E-state index contributed by atoms with van der Waals surface area (Å²) in [6, 6.07) is 12.4. The van der Waals surface area contributed by atoms with Crippen LogP contribution in [0.5, 0.6) is 0 Å². The molecule has 1 aromatic rings. The van der Waals surface area contributed by atoms with E-state index in [1.165, 1.54) is 57.2 Å². The van der Waals surface area contributed by atoms with E-state index in [4.69, 9.17) is 0 Å². The Morgan fingerprint density at radius 3 is 2.43 bits per heavy atom. The quantitative estimate of drug-likeness (QED) is 0.905. The molecule has 1 aliphatic carbocycles. The third-order valence-corrected chi connectivity index (χ3v) is 5.40. The van der Waals surface area contributed by atoms with Gasteiger partial charge in [0.05, 0.1) is 0 Å². The summed E-state index contributed by atoms with van der Waals surface area (Å²) >= 11 is 0. The summed E-state index contributed by atoms with van der Waals surface area (Å²) in [6.45, 7) is 6.04. The second kappa shape index (κ2) is 7.42. The third-order valence-electron chi connectivity index (χ3n) is 5.40. The number of rotatable bonds is 4. The lowest BCUT2D eigenvalue weighted by molar-refractivity contribution is 0.166. The molecule has 1 aliphatic heterocycles. The first kappa shape index (κ1) is 15.1. The van der Waals surface area contributed by atoms with Crippen molar-refractivity contribution in [2.75, 3.05) is 13.1 Å². The largest absolute Gasteiger partial charge is 0.311 e. The van der Waals surface area contributed by atoms with Crippen molar-refractivity contribution in [1.82, 2.24) is 10.2 Å². The molecule has 3 rings (SSSR count). The number of nitrogens with zero attached hydrogens (tertiary/aromatic N) is 1. The van der Waals surface area contributed by atoms with Crippen LogP contribution in [-0.4, -0.2) is 30.1 Å². The average molecular weight is 286 g/mol. The molecule has 0 unspecified atom stereocenters. The second-order valence-electron chi connectivity index (χ2n) is 7.07. The number of hydrogen-bond acceptors (Lipinski definition) is 2. The maximum atomic E-state index is 3.97. The standard InChI is InChI=1S/C19H30N2/c1-16-7-5-6-10-19(16)20-18-11-13-21(14-12-18)15-17-8-3-2-4-9-17/h2-4,8-9,16,18-20H,5-7,10-15H2,1H3/t16-,19-/m0/s1. The van der Waals surface area contributed by atoms with E-state index in [0.29, 0.717) is 0 Å². The topological polar surface area (TPSA) is 15.3 Å². The fourth-order valence-electron chi connectivity index (χ4n) is 3.97. The SMILES string of the molecule is C[C@H]1CCCC[C@@H]1NC1CCN(Cc2ccccc2)CC1. The van der Waals surface area contributed by atoms with Crippen LogP contribution in [0.15, 0.2) is 30.3 Å². The molecule has 116 valence electrons. The van der Waals surface area contributed by atoms with Crippen molar-refractivity contribution in [2.45, 2.75) is 64.1 Å². The van der Waals surface area contributed by atoms with E-state index < -0.39 is 0 Å². The van der Waals surface area contributed by atoms with Crippen LogP contribution in [0.1, 0.15) is 51.0 Å². The van der Waals surface area contributed by atoms with Gasteiger partial charge in [0, 0.05) is 18.6 Å². The van der Waals surface area contributed by atoms with E-state index in [1.807, 2.05) is 0 Å². The van der Waals surface area contributed by atoms with Crippen molar-refractivity contribution in [1.29, 1.82) is 0 Å². The molecule has 0 bridgehead atoms. The maximum absolute atomic E-state index is 3.97. The molecule has 2 aliphatic rings. The van der Waals surface area contributed by atoms with Crippen LogP contribution in [0.25, 0.3) is 0 Å². The van der Waals surface area contributed by atoms with Gasteiger partial charge in [-0.05, 0) is 50.3 Å². The summed E-state index contributed by atoms with van der Waals surface area (Å²) in [5.41, 5.74) is 1.45. The summed E-state index contributed by atoms with van der Waals surface area (Å²) in [7, 11) is 0. The van der Waals surface area contributed by atoms with Gasteiger partial charge in [-0.15, -0.1) is 0 Å². The third kappa shape index (κ3) is 4.31. The van der Waals surface area contributed by atoms with Gasteiger partial charge < -0.3 is 5.32 Å². The Morgan fingerprint density at radius 1 is 1.00 bits per heavy atom. The van der Waals surface area contributed by atoms with Gasteiger partial charge in [-0.25, -0.2) is 0 Å². The molecule has 1 saturated heterocycles. The van der Waals surface area contributed by atoms with Crippen LogP contribution in [0, 0.1) is 5.92 Å². The minimum atomic E-state index is 0.752. The molecule has 0 radical (unpaired) electrons. The Hall–Kier alpha value is -0.860. The van der Waals surface area contributed by atoms with Crippen LogP contribution in [-0.2, 0) is 6.54 Å². The molecule has 1 N–H and O–H groups in total. The number of likely N-dealkylation sites (tertiary alicyclic amines) is 1. The summed E-state index contributed by atoms with van der Waals surface area (Å²) < 4.78 is 0. The molecule has 1 heterocycles. The van der Waals surface area contributed by atoms with Gasteiger partial charge in [0.2, 0.25) is 0 Å². The molecule has 0 aromatic heterocycles. The lowest BCUT2D eigenvalue weighted by Crippen LogP contribution is -2.48. The smallest absolute Gasteiger partial charge is 0.0233 e. The molecule has 2 nitrogen and oxygen atoms in total.